The van der Waals surface area contributed by atoms with Crippen LogP contribution >= 0.6 is 24.0 Å². The Balaban J connectivity index is 0.00000400. The van der Waals surface area contributed by atoms with Gasteiger partial charge in [-0.25, -0.2) is 0 Å². The van der Waals surface area contributed by atoms with Crippen LogP contribution in [0.4, 0.5) is 0 Å². The minimum Gasteiger partial charge on any atom is -0.370 e. The molecule has 1 saturated heterocycles. The van der Waals surface area contributed by atoms with E-state index in [2.05, 4.69) is 29.1 Å². The summed E-state index contributed by atoms with van der Waals surface area (Å²) in [6.07, 6.45) is 9.07. The molecule has 1 fully saturated rings. The predicted molar refractivity (Wildman–Crippen MR) is 104 cm³/mol. The molecular weight excluding hydrogens is 375 g/mol. The summed E-state index contributed by atoms with van der Waals surface area (Å²) >= 11 is 0. The number of hydrogen-bond donors (Lipinski definition) is 2. The topological polar surface area (TPSA) is 53.6 Å². The number of nitrogens with two attached hydrogens (primary N) is 1. The van der Waals surface area contributed by atoms with Crippen LogP contribution in [-0.2, 0) is 0 Å². The van der Waals surface area contributed by atoms with Gasteiger partial charge in [-0.1, -0.05) is 26.7 Å². The van der Waals surface area contributed by atoms with E-state index in [1.165, 1.54) is 51.7 Å². The van der Waals surface area contributed by atoms with Gasteiger partial charge in [0.1, 0.15) is 0 Å². The molecule has 3 N–H and O–H groups in total. The molecule has 0 saturated carbocycles. The van der Waals surface area contributed by atoms with Crippen molar-refractivity contribution in [2.75, 3.05) is 32.7 Å². The fraction of sp³-hybridized carbons (Fsp3) is 0.938. The molecule has 1 rings (SSSR count). The normalized spacial score (nSPS) is 16.8. The van der Waals surface area contributed by atoms with Gasteiger partial charge in [0.15, 0.2) is 5.96 Å². The quantitative estimate of drug-likeness (QED) is 0.266. The molecule has 0 unspecified atom stereocenters. The number of likely N-dealkylation sites (tertiary alicyclic amines) is 1. The van der Waals surface area contributed by atoms with E-state index in [9.17, 15) is 0 Å². The first-order valence-electron chi connectivity index (χ1n) is 8.44. The predicted octanol–water partition coefficient (Wildman–Crippen LogP) is 3.21. The molecule has 0 radical (unpaired) electrons. The average Bonchev–Trinajstić information content (AvgIpc) is 2.43. The number of piperidine rings is 1. The summed E-state index contributed by atoms with van der Waals surface area (Å²) in [6.45, 7) is 10.1. The van der Waals surface area contributed by atoms with Crippen molar-refractivity contribution < 1.29 is 0 Å². The molecule has 0 amide bonds. The van der Waals surface area contributed by atoms with Gasteiger partial charge >= 0.3 is 0 Å². The van der Waals surface area contributed by atoms with Crippen molar-refractivity contribution in [3.63, 3.8) is 0 Å². The highest BCUT2D eigenvalue weighted by molar-refractivity contribution is 14.0. The van der Waals surface area contributed by atoms with Crippen LogP contribution in [0.1, 0.15) is 58.8 Å². The number of unbranched alkanes of at least 4 members (excludes halogenated alkanes) is 2. The largest absolute Gasteiger partial charge is 0.370 e. The van der Waals surface area contributed by atoms with Crippen LogP contribution in [0.25, 0.3) is 0 Å². The third-order valence-electron chi connectivity index (χ3n) is 3.89. The number of nitrogens with one attached hydrogen (secondary N) is 1. The first kappa shape index (κ1) is 21.0. The second-order valence-electron chi connectivity index (χ2n) is 6.34. The van der Waals surface area contributed by atoms with E-state index in [1.807, 2.05) is 0 Å². The van der Waals surface area contributed by atoms with Crippen molar-refractivity contribution in [3.05, 3.63) is 0 Å². The molecule has 0 spiro atoms. The van der Waals surface area contributed by atoms with Crippen LogP contribution < -0.4 is 11.1 Å². The Hall–Kier alpha value is -0.0400. The zero-order valence-electron chi connectivity index (χ0n) is 13.9. The molecular formula is C16H35IN4. The molecule has 0 aromatic rings. The molecule has 0 aromatic carbocycles. The van der Waals surface area contributed by atoms with Crippen LogP contribution in [-0.4, -0.2) is 43.6 Å². The minimum absolute atomic E-state index is 0. The van der Waals surface area contributed by atoms with Crippen molar-refractivity contribution in [1.29, 1.82) is 0 Å². The monoisotopic (exact) mass is 410 g/mol. The smallest absolute Gasteiger partial charge is 0.188 e. The summed E-state index contributed by atoms with van der Waals surface area (Å²) in [5, 5.41) is 3.18. The third-order valence-corrected chi connectivity index (χ3v) is 3.89. The number of aliphatic imine (C=N–C) groups is 1. The summed E-state index contributed by atoms with van der Waals surface area (Å²) in [4.78, 5) is 6.98. The molecule has 1 heterocycles. The highest BCUT2D eigenvalue weighted by Gasteiger charge is 2.08. The van der Waals surface area contributed by atoms with E-state index in [-0.39, 0.29) is 24.0 Å². The van der Waals surface area contributed by atoms with Gasteiger partial charge in [0, 0.05) is 13.1 Å². The summed E-state index contributed by atoms with van der Waals surface area (Å²) in [6, 6.07) is 0. The van der Waals surface area contributed by atoms with Gasteiger partial charge in [-0.15, -0.1) is 24.0 Å². The number of guanidine groups is 1. The standard InChI is InChI=1S/C16H34N4.HI/c1-15(2)9-11-19-16(17)18-10-5-3-6-12-20-13-7-4-8-14-20;/h15H,3-14H2,1-2H3,(H3,17,18,19);1H. The Morgan fingerprint density at radius 3 is 2.52 bits per heavy atom. The Kier molecular flexibility index (Phi) is 13.6. The lowest BCUT2D eigenvalue weighted by atomic mass is 10.1. The van der Waals surface area contributed by atoms with Crippen molar-refractivity contribution in [3.8, 4) is 0 Å². The Labute approximate surface area is 148 Å². The zero-order valence-corrected chi connectivity index (χ0v) is 16.3. The number of halogens is 1. The molecule has 21 heavy (non-hydrogen) atoms. The second-order valence-corrected chi connectivity index (χ2v) is 6.34. The molecule has 1 aliphatic heterocycles. The van der Waals surface area contributed by atoms with Crippen LogP contribution in [0.15, 0.2) is 4.99 Å². The average molecular weight is 410 g/mol. The summed E-state index contributed by atoms with van der Waals surface area (Å²) in [7, 11) is 0. The maximum absolute atomic E-state index is 5.82. The third kappa shape index (κ3) is 12.2. The van der Waals surface area contributed by atoms with E-state index in [0.717, 1.165) is 25.9 Å². The van der Waals surface area contributed by atoms with Crippen LogP contribution in [0.5, 0.6) is 0 Å². The van der Waals surface area contributed by atoms with Gasteiger partial charge in [-0.05, 0) is 57.7 Å². The van der Waals surface area contributed by atoms with Crippen LogP contribution in [0.3, 0.4) is 0 Å². The molecule has 4 nitrogen and oxygen atoms in total. The van der Waals surface area contributed by atoms with Crippen molar-refractivity contribution in [2.45, 2.75) is 58.8 Å². The van der Waals surface area contributed by atoms with Gasteiger partial charge < -0.3 is 16.0 Å². The molecule has 1 aliphatic rings. The number of nitrogens with zero attached hydrogens (tertiary/aromatic N) is 2. The minimum atomic E-state index is 0. The van der Waals surface area contributed by atoms with E-state index in [0.29, 0.717) is 11.9 Å². The highest BCUT2D eigenvalue weighted by atomic mass is 127. The number of hydrogen-bond acceptors (Lipinski definition) is 2. The van der Waals surface area contributed by atoms with E-state index >= 15 is 0 Å². The van der Waals surface area contributed by atoms with Crippen molar-refractivity contribution >= 4 is 29.9 Å². The fourth-order valence-electron chi connectivity index (χ4n) is 2.55. The Bertz CT molecular complexity index is 263. The SMILES string of the molecule is CC(C)CCNC(N)=NCCCCCN1CCCCC1.I. The van der Waals surface area contributed by atoms with E-state index in [4.69, 9.17) is 5.73 Å². The molecule has 5 heteroatoms. The summed E-state index contributed by atoms with van der Waals surface area (Å²) in [5.74, 6) is 1.33. The molecule has 126 valence electrons. The number of rotatable bonds is 9. The van der Waals surface area contributed by atoms with Gasteiger partial charge in [-0.3, -0.25) is 4.99 Å². The Morgan fingerprint density at radius 1 is 1.14 bits per heavy atom. The lowest BCUT2D eigenvalue weighted by Gasteiger charge is -2.26. The molecule has 0 bridgehead atoms. The van der Waals surface area contributed by atoms with Crippen LogP contribution in [0, 0.1) is 5.92 Å². The summed E-state index contributed by atoms with van der Waals surface area (Å²) in [5.41, 5.74) is 5.82. The molecule has 0 aliphatic carbocycles. The lowest BCUT2D eigenvalue weighted by molar-refractivity contribution is 0.224. The van der Waals surface area contributed by atoms with E-state index in [1.54, 1.807) is 0 Å². The Morgan fingerprint density at radius 2 is 1.86 bits per heavy atom. The maximum atomic E-state index is 5.82. The maximum Gasteiger partial charge on any atom is 0.188 e. The van der Waals surface area contributed by atoms with Gasteiger partial charge in [-0.2, -0.15) is 0 Å². The second kappa shape index (κ2) is 13.6. The summed E-state index contributed by atoms with van der Waals surface area (Å²) < 4.78 is 0. The van der Waals surface area contributed by atoms with Gasteiger partial charge in [0.25, 0.3) is 0 Å². The van der Waals surface area contributed by atoms with Crippen LogP contribution in [0.2, 0.25) is 0 Å². The zero-order chi connectivity index (χ0) is 14.6. The fourth-order valence-corrected chi connectivity index (χ4v) is 2.55. The lowest BCUT2D eigenvalue weighted by Crippen LogP contribution is -2.33. The van der Waals surface area contributed by atoms with Gasteiger partial charge in [0.05, 0.1) is 0 Å². The van der Waals surface area contributed by atoms with Crippen molar-refractivity contribution in [1.82, 2.24) is 10.2 Å². The van der Waals surface area contributed by atoms with Gasteiger partial charge in [0.2, 0.25) is 0 Å². The van der Waals surface area contributed by atoms with Crippen molar-refractivity contribution in [2.24, 2.45) is 16.6 Å². The molecule has 0 atom stereocenters. The first-order chi connectivity index (χ1) is 9.68. The first-order valence-corrected chi connectivity index (χ1v) is 8.44. The molecule has 0 aromatic heterocycles. The van der Waals surface area contributed by atoms with E-state index < -0.39 is 0 Å². The highest BCUT2D eigenvalue weighted by Crippen LogP contribution is 2.09.